The molecule has 2 aromatic rings. The van der Waals surface area contributed by atoms with Crippen LogP contribution in [0.1, 0.15) is 37.0 Å². The first-order chi connectivity index (χ1) is 18.8. The molecule has 0 saturated carbocycles. The molecular weight excluding hydrogens is 539 g/mol. The molecule has 40 heavy (non-hydrogen) atoms. The van der Waals surface area contributed by atoms with Crippen LogP contribution in [0.4, 0.5) is 10.1 Å². The number of carbonyl (C=O) groups excluding carboxylic acids is 2. The number of halogens is 1. The molecule has 3 atom stereocenters. The first-order valence-corrected chi connectivity index (χ1v) is 14.7. The van der Waals surface area contributed by atoms with E-state index in [-0.39, 0.29) is 53.6 Å². The number of fused-ring (bicyclic) bond motifs is 1. The van der Waals surface area contributed by atoms with Gasteiger partial charge in [0.25, 0.3) is 5.91 Å². The van der Waals surface area contributed by atoms with E-state index in [0.29, 0.717) is 18.5 Å². The van der Waals surface area contributed by atoms with Crippen molar-refractivity contribution in [1.82, 2.24) is 14.1 Å². The minimum atomic E-state index is -3.94. The van der Waals surface area contributed by atoms with Gasteiger partial charge >= 0.3 is 0 Å². The van der Waals surface area contributed by atoms with Crippen LogP contribution in [0.25, 0.3) is 0 Å². The molecule has 0 aromatic heterocycles. The van der Waals surface area contributed by atoms with Gasteiger partial charge in [0.2, 0.25) is 15.9 Å². The summed E-state index contributed by atoms with van der Waals surface area (Å²) in [6.45, 7) is 4.24. The molecule has 220 valence electrons. The maximum absolute atomic E-state index is 13.6. The molecule has 0 spiro atoms. The van der Waals surface area contributed by atoms with Crippen molar-refractivity contribution in [1.29, 1.82) is 0 Å². The fraction of sp³-hybridized carbons (Fsp3) is 0.500. The predicted octanol–water partition coefficient (Wildman–Crippen LogP) is 2.65. The molecule has 1 heterocycles. The van der Waals surface area contributed by atoms with Crippen molar-refractivity contribution in [2.45, 2.75) is 43.7 Å². The number of benzene rings is 2. The summed E-state index contributed by atoms with van der Waals surface area (Å²) in [7, 11) is 1.34. The number of carbonyl (C=O) groups is 2. The van der Waals surface area contributed by atoms with E-state index in [4.69, 9.17) is 4.74 Å². The highest BCUT2D eigenvalue weighted by molar-refractivity contribution is 7.89. The van der Waals surface area contributed by atoms with Crippen LogP contribution in [0.15, 0.2) is 47.4 Å². The third kappa shape index (κ3) is 7.78. The molecule has 1 aliphatic rings. The maximum Gasteiger partial charge on any atom is 0.258 e. The van der Waals surface area contributed by atoms with Crippen molar-refractivity contribution in [3.63, 3.8) is 0 Å². The number of anilines is 1. The van der Waals surface area contributed by atoms with Gasteiger partial charge in [-0.3, -0.25) is 9.59 Å². The van der Waals surface area contributed by atoms with Gasteiger partial charge in [0.05, 0.1) is 29.7 Å². The number of ether oxygens (including phenoxy) is 1. The second kappa shape index (κ2) is 13.5. The predicted molar refractivity (Wildman–Crippen MR) is 150 cm³/mol. The zero-order valence-electron chi connectivity index (χ0n) is 23.6. The third-order valence-electron chi connectivity index (χ3n) is 6.92. The molecule has 3 rings (SSSR count). The average molecular weight is 579 g/mol. The van der Waals surface area contributed by atoms with Crippen molar-refractivity contribution in [3.05, 3.63) is 53.8 Å². The molecule has 0 bridgehead atoms. The van der Waals surface area contributed by atoms with Gasteiger partial charge in [-0.05, 0) is 76.4 Å². The SMILES string of the molecule is C[C@@H]1CN([C@@H](C)CO)C(=O)c2cc(NC(=O)CCCN(C)C)ccc2O[C@H]1CN(C)S(=O)(=O)c1ccc(F)cc1. The Kier molecular flexibility index (Phi) is 10.6. The topological polar surface area (TPSA) is 119 Å². The summed E-state index contributed by atoms with van der Waals surface area (Å²) in [4.78, 5) is 29.5. The van der Waals surface area contributed by atoms with E-state index in [1.165, 1.54) is 24.1 Å². The lowest BCUT2D eigenvalue weighted by atomic mass is 9.99. The standard InChI is InChI=1S/C28H39FN4O6S/c1-19-16-33(20(2)18-34)28(36)24-15-22(30-27(35)7-6-14-31(3)4)10-13-25(24)39-26(19)17-32(5)40(37,38)23-11-8-21(29)9-12-23/h8-13,15,19-20,26,34H,6-7,14,16-18H2,1-5H3,(H,30,35)/t19-,20+,26+/m1/s1. The summed E-state index contributed by atoms with van der Waals surface area (Å²) in [5, 5.41) is 12.7. The lowest BCUT2D eigenvalue weighted by molar-refractivity contribution is -0.116. The monoisotopic (exact) mass is 578 g/mol. The van der Waals surface area contributed by atoms with E-state index in [0.717, 1.165) is 23.0 Å². The van der Waals surface area contributed by atoms with Crippen molar-refractivity contribution in [2.24, 2.45) is 5.92 Å². The van der Waals surface area contributed by atoms with Crippen LogP contribution in [0, 0.1) is 11.7 Å². The largest absolute Gasteiger partial charge is 0.488 e. The normalized spacial score (nSPS) is 18.6. The lowest BCUT2D eigenvalue weighted by Gasteiger charge is -2.38. The molecule has 0 aliphatic carbocycles. The fourth-order valence-corrected chi connectivity index (χ4v) is 5.62. The van der Waals surface area contributed by atoms with Gasteiger partial charge in [-0.1, -0.05) is 6.92 Å². The Balaban J connectivity index is 1.89. The molecule has 1 aliphatic heterocycles. The molecule has 2 aromatic carbocycles. The van der Waals surface area contributed by atoms with Crippen LogP contribution in [0.5, 0.6) is 5.75 Å². The van der Waals surface area contributed by atoms with Crippen LogP contribution in [-0.2, 0) is 14.8 Å². The van der Waals surface area contributed by atoms with E-state index in [2.05, 4.69) is 5.32 Å². The molecule has 2 N–H and O–H groups in total. The Morgan fingerprint density at radius 2 is 1.88 bits per heavy atom. The number of hydrogen-bond acceptors (Lipinski definition) is 7. The Bertz CT molecular complexity index is 1290. The van der Waals surface area contributed by atoms with Gasteiger partial charge in [0.15, 0.2) is 0 Å². The number of rotatable bonds is 11. The van der Waals surface area contributed by atoms with Crippen molar-refractivity contribution < 1.29 is 32.2 Å². The zero-order valence-corrected chi connectivity index (χ0v) is 24.4. The maximum atomic E-state index is 13.6. The zero-order chi connectivity index (χ0) is 29.6. The van der Waals surface area contributed by atoms with Crippen molar-refractivity contribution >= 4 is 27.5 Å². The molecule has 10 nitrogen and oxygen atoms in total. The molecule has 2 amide bonds. The number of hydrogen-bond donors (Lipinski definition) is 2. The molecule has 0 unspecified atom stereocenters. The summed E-state index contributed by atoms with van der Waals surface area (Å²) >= 11 is 0. The van der Waals surface area contributed by atoms with E-state index in [9.17, 15) is 27.5 Å². The minimum absolute atomic E-state index is 0.0415. The third-order valence-corrected chi connectivity index (χ3v) is 8.75. The number of likely N-dealkylation sites (N-methyl/N-ethyl adjacent to an activating group) is 1. The number of aliphatic hydroxyl groups is 1. The van der Waals surface area contributed by atoms with E-state index >= 15 is 0 Å². The number of sulfonamides is 1. The minimum Gasteiger partial charge on any atom is -0.488 e. The number of nitrogens with zero attached hydrogens (tertiary/aromatic N) is 3. The second-order valence-electron chi connectivity index (χ2n) is 10.5. The van der Waals surface area contributed by atoms with E-state index in [1.807, 2.05) is 25.9 Å². The average Bonchev–Trinajstić information content (AvgIpc) is 2.90. The number of nitrogens with one attached hydrogen (secondary N) is 1. The summed E-state index contributed by atoms with van der Waals surface area (Å²) in [6.07, 6.45) is 0.343. The fourth-order valence-electron chi connectivity index (χ4n) is 4.44. The Morgan fingerprint density at radius 1 is 1.20 bits per heavy atom. The summed E-state index contributed by atoms with van der Waals surface area (Å²) in [6, 6.07) is 8.85. The van der Waals surface area contributed by atoms with Crippen LogP contribution in [0.3, 0.4) is 0 Å². The smallest absolute Gasteiger partial charge is 0.258 e. The van der Waals surface area contributed by atoms with Gasteiger partial charge in [0.1, 0.15) is 17.7 Å². The first-order valence-electron chi connectivity index (χ1n) is 13.2. The highest BCUT2D eigenvalue weighted by atomic mass is 32.2. The van der Waals surface area contributed by atoms with Crippen LogP contribution in [0.2, 0.25) is 0 Å². The highest BCUT2D eigenvalue weighted by Gasteiger charge is 2.35. The quantitative estimate of drug-likeness (QED) is 0.421. The van der Waals surface area contributed by atoms with Crippen molar-refractivity contribution in [3.8, 4) is 5.75 Å². The molecule has 12 heteroatoms. The second-order valence-corrected chi connectivity index (χ2v) is 12.6. The number of aliphatic hydroxyl groups excluding tert-OH is 1. The van der Waals surface area contributed by atoms with Gasteiger partial charge < -0.3 is 25.0 Å². The Morgan fingerprint density at radius 3 is 2.50 bits per heavy atom. The van der Waals surface area contributed by atoms with Gasteiger partial charge in [-0.2, -0.15) is 4.31 Å². The van der Waals surface area contributed by atoms with Gasteiger partial charge in [-0.25, -0.2) is 12.8 Å². The van der Waals surface area contributed by atoms with E-state index in [1.54, 1.807) is 25.1 Å². The summed E-state index contributed by atoms with van der Waals surface area (Å²) in [5.41, 5.74) is 0.635. The van der Waals surface area contributed by atoms with Crippen LogP contribution >= 0.6 is 0 Å². The Labute approximate surface area is 235 Å². The first kappa shape index (κ1) is 31.5. The molecule has 0 saturated heterocycles. The molecule has 0 radical (unpaired) electrons. The van der Waals surface area contributed by atoms with Crippen LogP contribution < -0.4 is 10.1 Å². The van der Waals surface area contributed by atoms with Crippen LogP contribution in [-0.4, -0.2) is 99.0 Å². The van der Waals surface area contributed by atoms with E-state index < -0.39 is 28.0 Å². The lowest BCUT2D eigenvalue weighted by Crippen LogP contribution is -2.50. The summed E-state index contributed by atoms with van der Waals surface area (Å²) < 4.78 is 47.1. The number of amides is 2. The van der Waals surface area contributed by atoms with Gasteiger partial charge in [-0.15, -0.1) is 0 Å². The molecular formula is C28H39FN4O6S. The van der Waals surface area contributed by atoms with Crippen molar-refractivity contribution in [2.75, 3.05) is 52.7 Å². The Hall–Kier alpha value is -3.06. The highest BCUT2D eigenvalue weighted by Crippen LogP contribution is 2.31. The summed E-state index contributed by atoms with van der Waals surface area (Å²) in [5.74, 6) is -1.15. The molecule has 0 fully saturated rings. The van der Waals surface area contributed by atoms with Gasteiger partial charge in [0, 0.05) is 31.6 Å².